The van der Waals surface area contributed by atoms with Crippen LogP contribution in [0.5, 0.6) is 0 Å². The van der Waals surface area contributed by atoms with Crippen molar-refractivity contribution in [2.75, 3.05) is 18.5 Å². The number of nitrogens with zero attached hydrogens (tertiary/aromatic N) is 2. The first kappa shape index (κ1) is 13.3. The molecule has 0 saturated heterocycles. The van der Waals surface area contributed by atoms with Gasteiger partial charge in [-0.1, -0.05) is 13.8 Å². The predicted molar refractivity (Wildman–Crippen MR) is 72.2 cm³/mol. The lowest BCUT2D eigenvalue weighted by Gasteiger charge is -2.26. The molecule has 0 spiro atoms. The van der Waals surface area contributed by atoms with Gasteiger partial charge in [0.25, 0.3) is 0 Å². The van der Waals surface area contributed by atoms with Crippen molar-refractivity contribution in [3.05, 3.63) is 23.6 Å². The zero-order valence-corrected chi connectivity index (χ0v) is 11.4. The Morgan fingerprint density at radius 3 is 2.78 bits per heavy atom. The van der Waals surface area contributed by atoms with E-state index in [0.29, 0.717) is 29.9 Å². The maximum atomic E-state index is 14.4. The van der Waals surface area contributed by atoms with Gasteiger partial charge in [0.15, 0.2) is 11.6 Å². The second-order valence-electron chi connectivity index (χ2n) is 5.42. The Bertz CT molecular complexity index is 402. The maximum Gasteiger partial charge on any atom is 0.170 e. The van der Waals surface area contributed by atoms with E-state index < -0.39 is 0 Å². The summed E-state index contributed by atoms with van der Waals surface area (Å²) in [6, 6.07) is 2.23. The molecular formula is C14H22FN3. The van der Waals surface area contributed by atoms with E-state index in [0.717, 1.165) is 19.4 Å². The van der Waals surface area contributed by atoms with Crippen LogP contribution in [0.15, 0.2) is 12.3 Å². The molecule has 0 aromatic carbocycles. The van der Waals surface area contributed by atoms with Gasteiger partial charge < -0.3 is 10.2 Å². The number of rotatable bonds is 6. The fourth-order valence-corrected chi connectivity index (χ4v) is 2.19. The number of aromatic nitrogens is 1. The zero-order chi connectivity index (χ0) is 13.1. The van der Waals surface area contributed by atoms with Crippen LogP contribution in [0.4, 0.5) is 10.2 Å². The summed E-state index contributed by atoms with van der Waals surface area (Å²) in [6.45, 7) is 5.73. The van der Waals surface area contributed by atoms with Gasteiger partial charge in [0.2, 0.25) is 0 Å². The topological polar surface area (TPSA) is 28.2 Å². The molecule has 1 fully saturated rings. The number of halogens is 1. The van der Waals surface area contributed by atoms with E-state index in [1.807, 2.05) is 7.05 Å². The highest BCUT2D eigenvalue weighted by atomic mass is 19.1. The SMILES string of the molecule is CNCc1ccnc(N(CC(C)C)C2CC2)c1F. The molecule has 1 aromatic rings. The van der Waals surface area contributed by atoms with Gasteiger partial charge in [-0.25, -0.2) is 9.37 Å². The molecule has 0 radical (unpaired) electrons. The van der Waals surface area contributed by atoms with E-state index in [1.165, 1.54) is 0 Å². The first-order valence-electron chi connectivity index (χ1n) is 6.68. The summed E-state index contributed by atoms with van der Waals surface area (Å²) in [5.41, 5.74) is 0.692. The molecule has 18 heavy (non-hydrogen) atoms. The average molecular weight is 251 g/mol. The Kier molecular flexibility index (Phi) is 4.17. The highest BCUT2D eigenvalue weighted by Crippen LogP contribution is 2.33. The van der Waals surface area contributed by atoms with Crippen molar-refractivity contribution in [3.8, 4) is 0 Å². The molecule has 4 heteroatoms. The number of pyridine rings is 1. The van der Waals surface area contributed by atoms with E-state index >= 15 is 0 Å². The summed E-state index contributed by atoms with van der Waals surface area (Å²) in [4.78, 5) is 6.40. The summed E-state index contributed by atoms with van der Waals surface area (Å²) in [5.74, 6) is 0.873. The minimum atomic E-state index is -0.167. The molecule has 1 heterocycles. The van der Waals surface area contributed by atoms with Gasteiger partial charge in [0.05, 0.1) is 0 Å². The average Bonchev–Trinajstić information content (AvgIpc) is 3.13. The lowest BCUT2D eigenvalue weighted by Crippen LogP contribution is -2.31. The van der Waals surface area contributed by atoms with Crippen molar-refractivity contribution >= 4 is 5.82 Å². The summed E-state index contributed by atoms with van der Waals surface area (Å²) in [7, 11) is 1.83. The Hall–Kier alpha value is -1.16. The number of hydrogen-bond acceptors (Lipinski definition) is 3. The summed E-state index contributed by atoms with van der Waals surface area (Å²) < 4.78 is 14.4. The molecular weight excluding hydrogens is 229 g/mol. The molecule has 0 aliphatic heterocycles. The standard InChI is InChI=1S/C14H22FN3/c1-10(2)9-18(12-4-5-12)14-13(15)11(8-16-3)6-7-17-14/h6-7,10,12,16H,4-5,8-9H2,1-3H3. The van der Waals surface area contributed by atoms with E-state index in [9.17, 15) is 4.39 Å². The minimum absolute atomic E-state index is 0.167. The monoisotopic (exact) mass is 251 g/mol. The Labute approximate surface area is 108 Å². The van der Waals surface area contributed by atoms with E-state index in [4.69, 9.17) is 0 Å². The highest BCUT2D eigenvalue weighted by molar-refractivity contribution is 5.45. The van der Waals surface area contributed by atoms with Crippen molar-refractivity contribution < 1.29 is 4.39 Å². The smallest absolute Gasteiger partial charge is 0.170 e. The summed E-state index contributed by atoms with van der Waals surface area (Å²) >= 11 is 0. The first-order valence-corrected chi connectivity index (χ1v) is 6.68. The second-order valence-corrected chi connectivity index (χ2v) is 5.42. The largest absolute Gasteiger partial charge is 0.351 e. The molecule has 3 nitrogen and oxygen atoms in total. The van der Waals surface area contributed by atoms with Crippen LogP contribution in [0.3, 0.4) is 0 Å². The fraction of sp³-hybridized carbons (Fsp3) is 0.643. The Morgan fingerprint density at radius 2 is 2.22 bits per heavy atom. The van der Waals surface area contributed by atoms with Crippen LogP contribution in [-0.4, -0.2) is 24.6 Å². The molecule has 1 aromatic heterocycles. The van der Waals surface area contributed by atoms with Crippen molar-refractivity contribution in [2.24, 2.45) is 5.92 Å². The van der Waals surface area contributed by atoms with Crippen LogP contribution < -0.4 is 10.2 Å². The first-order chi connectivity index (χ1) is 8.63. The van der Waals surface area contributed by atoms with Gasteiger partial charge in [0, 0.05) is 30.9 Å². The number of nitrogens with one attached hydrogen (secondary N) is 1. The van der Waals surface area contributed by atoms with Gasteiger partial charge in [-0.3, -0.25) is 0 Å². The van der Waals surface area contributed by atoms with Crippen LogP contribution in [0.2, 0.25) is 0 Å². The normalized spacial score (nSPS) is 15.2. The summed E-state index contributed by atoms with van der Waals surface area (Å²) in [6.07, 6.45) is 4.02. The molecule has 0 bridgehead atoms. The van der Waals surface area contributed by atoms with Crippen LogP contribution in [0.1, 0.15) is 32.3 Å². The van der Waals surface area contributed by atoms with E-state index in [2.05, 4.69) is 29.0 Å². The third-order valence-electron chi connectivity index (χ3n) is 3.14. The van der Waals surface area contributed by atoms with Gasteiger partial charge >= 0.3 is 0 Å². The summed E-state index contributed by atoms with van der Waals surface area (Å²) in [5, 5.41) is 2.99. The van der Waals surface area contributed by atoms with Gasteiger partial charge in [0.1, 0.15) is 0 Å². The molecule has 1 aliphatic carbocycles. The third-order valence-corrected chi connectivity index (χ3v) is 3.14. The number of anilines is 1. The predicted octanol–water partition coefficient (Wildman–Crippen LogP) is 2.56. The van der Waals surface area contributed by atoms with E-state index in [-0.39, 0.29) is 5.82 Å². The molecule has 100 valence electrons. The lowest BCUT2D eigenvalue weighted by molar-refractivity contribution is 0.558. The molecule has 1 aliphatic rings. The van der Waals surface area contributed by atoms with Crippen molar-refractivity contribution in [3.63, 3.8) is 0 Å². The maximum absolute atomic E-state index is 14.4. The molecule has 0 unspecified atom stereocenters. The fourth-order valence-electron chi connectivity index (χ4n) is 2.19. The Balaban J connectivity index is 2.26. The third kappa shape index (κ3) is 2.99. The molecule has 1 saturated carbocycles. The van der Waals surface area contributed by atoms with Gasteiger partial charge in [-0.05, 0) is 31.9 Å². The van der Waals surface area contributed by atoms with Crippen molar-refractivity contribution in [1.82, 2.24) is 10.3 Å². The van der Waals surface area contributed by atoms with Crippen molar-refractivity contribution in [1.29, 1.82) is 0 Å². The number of hydrogen-bond donors (Lipinski definition) is 1. The minimum Gasteiger partial charge on any atom is -0.351 e. The highest BCUT2D eigenvalue weighted by Gasteiger charge is 2.32. The molecule has 2 rings (SSSR count). The van der Waals surface area contributed by atoms with Crippen LogP contribution in [-0.2, 0) is 6.54 Å². The van der Waals surface area contributed by atoms with E-state index in [1.54, 1.807) is 12.3 Å². The lowest BCUT2D eigenvalue weighted by atomic mass is 10.2. The zero-order valence-electron chi connectivity index (χ0n) is 11.4. The Morgan fingerprint density at radius 1 is 1.50 bits per heavy atom. The van der Waals surface area contributed by atoms with Crippen LogP contribution >= 0.6 is 0 Å². The molecule has 0 atom stereocenters. The van der Waals surface area contributed by atoms with Gasteiger partial charge in [-0.2, -0.15) is 0 Å². The van der Waals surface area contributed by atoms with Gasteiger partial charge in [-0.15, -0.1) is 0 Å². The molecule has 0 amide bonds. The quantitative estimate of drug-likeness (QED) is 0.842. The van der Waals surface area contributed by atoms with Crippen molar-refractivity contribution in [2.45, 2.75) is 39.3 Å². The molecule has 1 N–H and O–H groups in total. The van der Waals surface area contributed by atoms with Crippen LogP contribution in [0, 0.1) is 11.7 Å². The van der Waals surface area contributed by atoms with Crippen LogP contribution in [0.25, 0.3) is 0 Å². The second kappa shape index (κ2) is 5.65.